The highest BCUT2D eigenvalue weighted by Gasteiger charge is 2.62. The van der Waals surface area contributed by atoms with Crippen LogP contribution in [-0.4, -0.2) is 53.7 Å². The lowest BCUT2D eigenvalue weighted by Gasteiger charge is -2.29. The van der Waals surface area contributed by atoms with E-state index in [-0.39, 0.29) is 23.4 Å². The fraction of sp³-hybridized carbons (Fsp3) is 0.500. The van der Waals surface area contributed by atoms with Crippen LogP contribution in [0.3, 0.4) is 0 Å². The summed E-state index contributed by atoms with van der Waals surface area (Å²) >= 11 is 0. The number of hydrogen-bond donors (Lipinski definition) is 1. The van der Waals surface area contributed by atoms with Crippen LogP contribution in [0.25, 0.3) is 0 Å². The Bertz CT molecular complexity index is 934. The number of carbonyl (C=O) groups is 1. The fourth-order valence-corrected chi connectivity index (χ4v) is 5.66. The van der Waals surface area contributed by atoms with E-state index in [9.17, 15) is 9.18 Å². The third-order valence-corrected chi connectivity index (χ3v) is 7.09. The highest BCUT2D eigenvalue weighted by Crippen LogP contribution is 2.54. The van der Waals surface area contributed by atoms with Gasteiger partial charge in [0.1, 0.15) is 5.82 Å². The van der Waals surface area contributed by atoms with Crippen molar-refractivity contribution < 1.29 is 13.9 Å². The van der Waals surface area contributed by atoms with Gasteiger partial charge in [0.05, 0.1) is 11.7 Å². The summed E-state index contributed by atoms with van der Waals surface area (Å²) in [7, 11) is 0. The van der Waals surface area contributed by atoms with E-state index in [0.717, 1.165) is 50.3 Å². The zero-order valence-electron chi connectivity index (χ0n) is 17.3. The first-order valence-electron chi connectivity index (χ1n) is 10.9. The molecule has 4 atom stereocenters. The van der Waals surface area contributed by atoms with Gasteiger partial charge in [-0.25, -0.2) is 4.39 Å². The summed E-state index contributed by atoms with van der Waals surface area (Å²) in [4.78, 5) is 19.6. The van der Waals surface area contributed by atoms with Crippen LogP contribution in [-0.2, 0) is 11.2 Å². The number of rotatable bonds is 6. The van der Waals surface area contributed by atoms with Crippen molar-refractivity contribution in [1.29, 1.82) is 0 Å². The van der Waals surface area contributed by atoms with Crippen molar-refractivity contribution in [2.45, 2.75) is 37.9 Å². The molecule has 158 valence electrons. The van der Waals surface area contributed by atoms with Crippen LogP contribution in [0.4, 0.5) is 4.39 Å². The molecule has 0 unspecified atom stereocenters. The van der Waals surface area contributed by atoms with Crippen molar-refractivity contribution in [3.8, 4) is 0 Å². The number of halogens is 1. The summed E-state index contributed by atoms with van der Waals surface area (Å²) in [6, 6.07) is 11.9. The van der Waals surface area contributed by atoms with Gasteiger partial charge in [0.15, 0.2) is 0 Å². The molecule has 2 bridgehead atoms. The number of fused-ring (bicyclic) bond motifs is 1. The number of amides is 1. The normalized spacial score (nSPS) is 29.9. The first-order chi connectivity index (χ1) is 14.5. The highest BCUT2D eigenvalue weighted by molar-refractivity contribution is 5.94. The third-order valence-electron chi connectivity index (χ3n) is 7.09. The molecule has 0 saturated carbocycles. The van der Waals surface area contributed by atoms with Crippen molar-refractivity contribution in [3.05, 3.63) is 65.2 Å². The van der Waals surface area contributed by atoms with Crippen molar-refractivity contribution in [2.75, 3.05) is 26.2 Å². The third kappa shape index (κ3) is 3.63. The van der Waals surface area contributed by atoms with E-state index in [1.54, 1.807) is 0 Å². The number of ether oxygens (including phenoxy) is 1. The molecule has 5 nitrogen and oxygen atoms in total. The molecule has 30 heavy (non-hydrogen) atoms. The topological polar surface area (TPSA) is 54.5 Å². The minimum Gasteiger partial charge on any atom is -0.370 e. The maximum absolute atomic E-state index is 13.1. The molecule has 3 aliphatic heterocycles. The van der Waals surface area contributed by atoms with Gasteiger partial charge in [0.2, 0.25) is 0 Å². The zero-order chi connectivity index (χ0) is 20.7. The largest absolute Gasteiger partial charge is 0.370 e. The second-order valence-corrected chi connectivity index (χ2v) is 9.00. The SMILES string of the molecule is Cc1cccc(CCN2C[C@@H]3[C@H](CNC(=O)c4ccc(F)cc4)[C@H]4CC[C@]3(C2)O4)n1. The minimum atomic E-state index is -0.332. The summed E-state index contributed by atoms with van der Waals surface area (Å²) in [6.07, 6.45) is 3.37. The summed E-state index contributed by atoms with van der Waals surface area (Å²) in [5, 5.41) is 3.06. The van der Waals surface area contributed by atoms with Gasteiger partial charge < -0.3 is 10.1 Å². The number of aryl methyl sites for hydroxylation is 1. The molecule has 6 heteroatoms. The Balaban J connectivity index is 1.20. The number of aromatic nitrogens is 1. The summed E-state index contributed by atoms with van der Waals surface area (Å²) < 4.78 is 19.6. The van der Waals surface area contributed by atoms with Gasteiger partial charge >= 0.3 is 0 Å². The second-order valence-electron chi connectivity index (χ2n) is 9.00. The highest BCUT2D eigenvalue weighted by atomic mass is 19.1. The molecule has 0 aliphatic carbocycles. The zero-order valence-corrected chi connectivity index (χ0v) is 17.3. The van der Waals surface area contributed by atoms with E-state index in [2.05, 4.69) is 27.3 Å². The second kappa shape index (κ2) is 7.75. The van der Waals surface area contributed by atoms with Crippen LogP contribution in [0.5, 0.6) is 0 Å². The Kier molecular flexibility index (Phi) is 5.07. The maximum atomic E-state index is 13.1. The number of pyridine rings is 1. The first kappa shape index (κ1) is 19.6. The van der Waals surface area contributed by atoms with E-state index in [1.165, 1.54) is 24.3 Å². The summed E-state index contributed by atoms with van der Waals surface area (Å²) in [5.74, 6) is 0.314. The number of nitrogens with one attached hydrogen (secondary N) is 1. The Hall–Kier alpha value is -2.31. The van der Waals surface area contributed by atoms with Crippen molar-refractivity contribution in [2.24, 2.45) is 11.8 Å². The van der Waals surface area contributed by atoms with Crippen molar-refractivity contribution >= 4 is 5.91 Å². The Morgan fingerprint density at radius 1 is 1.30 bits per heavy atom. The van der Waals surface area contributed by atoms with E-state index in [4.69, 9.17) is 4.74 Å². The van der Waals surface area contributed by atoms with E-state index in [1.807, 2.05) is 13.0 Å². The lowest BCUT2D eigenvalue weighted by Crippen LogP contribution is -2.41. The lowest BCUT2D eigenvalue weighted by molar-refractivity contribution is 0.00284. The minimum absolute atomic E-state index is 0.0457. The average Bonchev–Trinajstić information content (AvgIpc) is 3.39. The van der Waals surface area contributed by atoms with Crippen LogP contribution in [0.2, 0.25) is 0 Å². The molecule has 1 aromatic carbocycles. The van der Waals surface area contributed by atoms with Crippen LogP contribution in [0, 0.1) is 24.6 Å². The molecule has 1 aromatic heterocycles. The smallest absolute Gasteiger partial charge is 0.251 e. The summed E-state index contributed by atoms with van der Waals surface area (Å²) in [6.45, 7) is 5.61. The quantitative estimate of drug-likeness (QED) is 0.797. The van der Waals surface area contributed by atoms with Crippen LogP contribution in [0.1, 0.15) is 34.6 Å². The van der Waals surface area contributed by atoms with Gasteiger partial charge in [-0.1, -0.05) is 6.07 Å². The average molecular weight is 410 g/mol. The number of carbonyl (C=O) groups excluding carboxylic acids is 1. The number of nitrogens with zero attached hydrogens (tertiary/aromatic N) is 2. The number of likely N-dealkylation sites (tertiary alicyclic amines) is 1. The van der Waals surface area contributed by atoms with E-state index >= 15 is 0 Å². The van der Waals surface area contributed by atoms with Gasteiger partial charge in [0.25, 0.3) is 5.91 Å². The van der Waals surface area contributed by atoms with Crippen LogP contribution in [0.15, 0.2) is 42.5 Å². The predicted molar refractivity (Wildman–Crippen MR) is 112 cm³/mol. The molecule has 2 aromatic rings. The molecule has 1 spiro atoms. The summed E-state index contributed by atoms with van der Waals surface area (Å²) in [5.41, 5.74) is 2.64. The molecule has 3 saturated heterocycles. The monoisotopic (exact) mass is 409 g/mol. The predicted octanol–water partition coefficient (Wildman–Crippen LogP) is 2.98. The molecule has 3 aliphatic rings. The standard InChI is InChI=1S/C24H28FN3O2/c1-16-3-2-4-19(27-16)10-12-28-14-21-20(22-9-11-24(21,15-28)30-22)13-26-23(29)17-5-7-18(25)8-6-17/h2-8,20-22H,9-15H2,1H3,(H,26,29)/t20-,21+,22+,24+/m0/s1. The Morgan fingerprint density at radius 3 is 2.93 bits per heavy atom. The molecule has 5 rings (SSSR count). The molecule has 0 radical (unpaired) electrons. The van der Waals surface area contributed by atoms with E-state index in [0.29, 0.717) is 23.9 Å². The Morgan fingerprint density at radius 2 is 2.13 bits per heavy atom. The van der Waals surface area contributed by atoms with Crippen LogP contribution < -0.4 is 5.32 Å². The van der Waals surface area contributed by atoms with Gasteiger partial charge in [-0.2, -0.15) is 0 Å². The Labute approximate surface area is 176 Å². The van der Waals surface area contributed by atoms with Gasteiger partial charge in [-0.3, -0.25) is 14.7 Å². The first-order valence-corrected chi connectivity index (χ1v) is 10.9. The lowest BCUT2D eigenvalue weighted by atomic mass is 9.73. The van der Waals surface area contributed by atoms with Gasteiger partial charge in [-0.05, 0) is 56.2 Å². The van der Waals surface area contributed by atoms with Crippen molar-refractivity contribution in [3.63, 3.8) is 0 Å². The van der Waals surface area contributed by atoms with Gasteiger partial charge in [0, 0.05) is 61.4 Å². The number of benzene rings is 1. The van der Waals surface area contributed by atoms with Gasteiger partial charge in [-0.15, -0.1) is 0 Å². The molecule has 1 amide bonds. The van der Waals surface area contributed by atoms with E-state index < -0.39 is 0 Å². The van der Waals surface area contributed by atoms with Crippen LogP contribution >= 0.6 is 0 Å². The molecule has 3 fully saturated rings. The number of hydrogen-bond acceptors (Lipinski definition) is 4. The fourth-order valence-electron chi connectivity index (χ4n) is 5.66. The molecule has 1 N–H and O–H groups in total. The molecular weight excluding hydrogens is 381 g/mol. The van der Waals surface area contributed by atoms with Crippen molar-refractivity contribution in [1.82, 2.24) is 15.2 Å². The molecule has 4 heterocycles. The maximum Gasteiger partial charge on any atom is 0.251 e. The molecular formula is C24H28FN3O2.